The number of methoxy groups -OCH3 is 1. The van der Waals surface area contributed by atoms with Crippen LogP contribution in [-0.2, 0) is 17.8 Å². The Hall–Kier alpha value is -4.61. The van der Waals surface area contributed by atoms with Gasteiger partial charge in [0.2, 0.25) is 0 Å². The molecular formula is C37H46F2N4O5. The molecule has 3 aromatic rings. The van der Waals surface area contributed by atoms with E-state index < -0.39 is 29.7 Å². The zero-order chi connectivity index (χ0) is 35.1. The molecule has 0 spiro atoms. The average molecular weight is 665 g/mol. The molecule has 11 heteroatoms. The Morgan fingerprint density at radius 1 is 0.979 bits per heavy atom. The average Bonchev–Trinajstić information content (AvgIpc) is 3.07. The van der Waals surface area contributed by atoms with Crippen molar-refractivity contribution in [3.8, 4) is 5.75 Å². The largest absolute Gasteiger partial charge is 0.497 e. The van der Waals surface area contributed by atoms with Crippen molar-refractivity contribution in [2.24, 2.45) is 5.16 Å². The van der Waals surface area contributed by atoms with Gasteiger partial charge in [-0.3, -0.25) is 9.59 Å². The van der Waals surface area contributed by atoms with E-state index in [0.717, 1.165) is 36.6 Å². The number of ether oxygens (including phenoxy) is 1. The number of benzene rings is 3. The zero-order valence-corrected chi connectivity index (χ0v) is 28.1. The summed E-state index contributed by atoms with van der Waals surface area (Å²) in [7, 11) is 1.57. The van der Waals surface area contributed by atoms with Gasteiger partial charge in [-0.2, -0.15) is 0 Å². The lowest BCUT2D eigenvalue weighted by Gasteiger charge is -2.26. The first-order valence-electron chi connectivity index (χ1n) is 16.1. The molecule has 2 amide bonds. The molecule has 0 aliphatic carbocycles. The maximum absolute atomic E-state index is 14.1. The van der Waals surface area contributed by atoms with E-state index in [9.17, 15) is 23.5 Å². The van der Waals surface area contributed by atoms with Gasteiger partial charge in [-0.25, -0.2) is 8.78 Å². The van der Waals surface area contributed by atoms with Gasteiger partial charge in [-0.05, 0) is 79.8 Å². The fourth-order valence-corrected chi connectivity index (χ4v) is 5.17. The van der Waals surface area contributed by atoms with Crippen LogP contribution in [-0.4, -0.2) is 73.0 Å². The van der Waals surface area contributed by atoms with E-state index in [0.29, 0.717) is 42.2 Å². The minimum Gasteiger partial charge on any atom is -0.497 e. The van der Waals surface area contributed by atoms with Crippen LogP contribution < -0.4 is 15.4 Å². The minimum absolute atomic E-state index is 0.0547. The summed E-state index contributed by atoms with van der Waals surface area (Å²) in [4.78, 5) is 34.5. The lowest BCUT2D eigenvalue weighted by molar-refractivity contribution is 0.0755. The van der Waals surface area contributed by atoms with E-state index in [-0.39, 0.29) is 36.6 Å². The van der Waals surface area contributed by atoms with Crippen LogP contribution in [0, 0.1) is 11.6 Å². The van der Waals surface area contributed by atoms with Gasteiger partial charge < -0.3 is 30.2 Å². The SMILES string of the molecule is C=CCO/N=C(\C)c1cc(C(=O)N[C@@H](Cc2cc(F)cc(F)c2)[C@H](O)CNCc2cccc(OC)c2)cc(C(=O)N(CCC)CCC)c1. The van der Waals surface area contributed by atoms with Gasteiger partial charge in [0.1, 0.15) is 24.0 Å². The Labute approximate surface area is 281 Å². The molecule has 0 heterocycles. The topological polar surface area (TPSA) is 112 Å². The maximum Gasteiger partial charge on any atom is 0.253 e. The number of carbonyl (C=O) groups is 2. The number of aliphatic hydroxyl groups excluding tert-OH is 1. The van der Waals surface area contributed by atoms with Gasteiger partial charge >= 0.3 is 0 Å². The van der Waals surface area contributed by atoms with E-state index in [1.54, 1.807) is 37.1 Å². The molecule has 2 atom stereocenters. The predicted molar refractivity (Wildman–Crippen MR) is 183 cm³/mol. The number of nitrogens with zero attached hydrogens (tertiary/aromatic N) is 2. The molecule has 0 fully saturated rings. The van der Waals surface area contributed by atoms with Gasteiger partial charge in [0.15, 0.2) is 0 Å². The molecule has 0 aromatic heterocycles. The quantitative estimate of drug-likeness (QED) is 0.0661. The third-order valence-corrected chi connectivity index (χ3v) is 7.50. The summed E-state index contributed by atoms with van der Waals surface area (Å²) in [5, 5.41) is 21.4. The lowest BCUT2D eigenvalue weighted by Crippen LogP contribution is -2.48. The van der Waals surface area contributed by atoms with Crippen molar-refractivity contribution in [3.63, 3.8) is 0 Å². The van der Waals surface area contributed by atoms with Crippen molar-refractivity contribution in [2.75, 3.05) is 33.4 Å². The molecular weight excluding hydrogens is 618 g/mol. The highest BCUT2D eigenvalue weighted by Gasteiger charge is 2.25. The Morgan fingerprint density at radius 3 is 2.29 bits per heavy atom. The van der Waals surface area contributed by atoms with E-state index in [2.05, 4.69) is 22.4 Å². The molecule has 0 bridgehead atoms. The molecule has 3 aromatic carbocycles. The third kappa shape index (κ3) is 11.6. The van der Waals surface area contributed by atoms with E-state index >= 15 is 0 Å². The second kappa shape index (κ2) is 19.3. The highest BCUT2D eigenvalue weighted by atomic mass is 19.1. The van der Waals surface area contributed by atoms with E-state index in [1.165, 1.54) is 6.07 Å². The van der Waals surface area contributed by atoms with Gasteiger partial charge in [0.05, 0.1) is 25.0 Å². The fourth-order valence-electron chi connectivity index (χ4n) is 5.17. The first kappa shape index (κ1) is 37.8. The fraction of sp³-hybridized carbons (Fsp3) is 0.378. The van der Waals surface area contributed by atoms with Gasteiger partial charge in [-0.15, -0.1) is 0 Å². The summed E-state index contributed by atoms with van der Waals surface area (Å²) in [5.41, 5.74) is 2.54. The van der Waals surface area contributed by atoms with Crippen LogP contribution in [0.15, 0.2) is 78.5 Å². The smallest absolute Gasteiger partial charge is 0.253 e. The summed E-state index contributed by atoms with van der Waals surface area (Å²) in [5.74, 6) is -1.67. The summed E-state index contributed by atoms with van der Waals surface area (Å²) in [6.45, 7) is 11.0. The first-order chi connectivity index (χ1) is 23.1. The predicted octanol–water partition coefficient (Wildman–Crippen LogP) is 5.65. The summed E-state index contributed by atoms with van der Waals surface area (Å²) >= 11 is 0. The van der Waals surface area contributed by atoms with Crippen molar-refractivity contribution >= 4 is 17.5 Å². The number of rotatable bonds is 19. The number of oxime groups is 1. The van der Waals surface area contributed by atoms with Crippen LogP contribution in [0.3, 0.4) is 0 Å². The monoisotopic (exact) mass is 664 g/mol. The molecule has 258 valence electrons. The second-order valence-corrected chi connectivity index (χ2v) is 11.5. The van der Waals surface area contributed by atoms with E-state index in [4.69, 9.17) is 9.57 Å². The Kier molecular flexibility index (Phi) is 15.2. The molecule has 0 saturated heterocycles. The molecule has 0 aliphatic heterocycles. The third-order valence-electron chi connectivity index (χ3n) is 7.50. The molecule has 3 N–H and O–H groups in total. The van der Waals surface area contributed by atoms with Gasteiger partial charge in [0.25, 0.3) is 11.8 Å². The van der Waals surface area contributed by atoms with Gasteiger partial charge in [-0.1, -0.05) is 43.8 Å². The lowest BCUT2D eigenvalue weighted by atomic mass is 9.98. The molecule has 0 aliphatic rings. The van der Waals surface area contributed by atoms with Crippen LogP contribution in [0.1, 0.15) is 71.0 Å². The molecule has 3 rings (SSSR count). The number of amides is 2. The van der Waals surface area contributed by atoms with Crippen LogP contribution in [0.5, 0.6) is 5.75 Å². The molecule has 48 heavy (non-hydrogen) atoms. The number of hydrogen-bond donors (Lipinski definition) is 3. The molecule has 0 unspecified atom stereocenters. The van der Waals surface area contributed by atoms with Crippen LogP contribution in [0.4, 0.5) is 8.78 Å². The normalized spacial score (nSPS) is 12.6. The van der Waals surface area contributed by atoms with Crippen molar-refractivity contribution < 1.29 is 33.1 Å². The summed E-state index contributed by atoms with van der Waals surface area (Å²) < 4.78 is 33.5. The molecule has 0 saturated carbocycles. The van der Waals surface area contributed by atoms with Crippen LogP contribution in [0.2, 0.25) is 0 Å². The molecule has 9 nitrogen and oxygen atoms in total. The van der Waals surface area contributed by atoms with E-state index in [1.807, 2.05) is 38.1 Å². The van der Waals surface area contributed by atoms with Crippen molar-refractivity contribution in [3.05, 3.63) is 113 Å². The van der Waals surface area contributed by atoms with Crippen molar-refractivity contribution in [2.45, 2.75) is 58.7 Å². The summed E-state index contributed by atoms with van der Waals surface area (Å²) in [6, 6.07) is 14.3. The number of hydrogen-bond acceptors (Lipinski definition) is 7. The maximum atomic E-state index is 14.1. The summed E-state index contributed by atoms with van der Waals surface area (Å²) in [6.07, 6.45) is 1.85. The standard InChI is InChI=1S/C37H46F2N4O5/c1-6-12-43(13-7-2)37(46)30-20-28(25(4)42-48-14-8-3)19-29(21-30)36(45)41-34(18-27-15-31(38)22-32(39)16-27)35(44)24-40-23-26-10-9-11-33(17-26)47-5/h8-11,15-17,19-22,34-35,40,44H,3,6-7,12-14,18,23-24H2,1-2,4-5H3,(H,41,45)/b42-25+/t34-,35+/m0/s1. The number of halogens is 2. The highest BCUT2D eigenvalue weighted by molar-refractivity contribution is 6.06. The Bertz CT molecular complexity index is 1540. The van der Waals surface area contributed by atoms with Crippen LogP contribution >= 0.6 is 0 Å². The van der Waals surface area contributed by atoms with Crippen molar-refractivity contribution in [1.29, 1.82) is 0 Å². The first-order valence-corrected chi connectivity index (χ1v) is 16.1. The Balaban J connectivity index is 1.94. The molecule has 0 radical (unpaired) electrons. The highest BCUT2D eigenvalue weighted by Crippen LogP contribution is 2.18. The van der Waals surface area contributed by atoms with Crippen LogP contribution in [0.25, 0.3) is 0 Å². The number of nitrogens with one attached hydrogen (secondary N) is 2. The zero-order valence-electron chi connectivity index (χ0n) is 28.1. The number of aliphatic hydroxyl groups is 1. The number of carbonyl (C=O) groups excluding carboxylic acids is 2. The second-order valence-electron chi connectivity index (χ2n) is 11.5. The van der Waals surface area contributed by atoms with Crippen molar-refractivity contribution in [1.82, 2.24) is 15.5 Å². The van der Waals surface area contributed by atoms with Gasteiger partial charge in [0, 0.05) is 48.9 Å². The Morgan fingerprint density at radius 2 is 1.65 bits per heavy atom. The minimum atomic E-state index is -1.16.